The Morgan fingerprint density at radius 1 is 1.23 bits per heavy atom. The maximum Gasteiger partial charge on any atom is 0.255 e. The van der Waals surface area contributed by atoms with Crippen molar-refractivity contribution in [2.45, 2.75) is 32.1 Å². The lowest BCUT2D eigenvalue weighted by molar-refractivity contribution is 0.0782. The van der Waals surface area contributed by atoms with Crippen LogP contribution in [0.1, 0.15) is 42.5 Å². The van der Waals surface area contributed by atoms with E-state index in [0.29, 0.717) is 16.4 Å². The summed E-state index contributed by atoms with van der Waals surface area (Å²) in [7, 11) is 0. The lowest BCUT2D eigenvalue weighted by atomic mass is 9.65. The Hall–Kier alpha value is -2.10. The fourth-order valence-corrected chi connectivity index (χ4v) is 3.80. The van der Waals surface area contributed by atoms with Gasteiger partial charge < -0.3 is 10.3 Å². The van der Waals surface area contributed by atoms with Crippen molar-refractivity contribution in [3.63, 3.8) is 0 Å². The highest BCUT2D eigenvalue weighted by molar-refractivity contribution is 6.06. The Balaban J connectivity index is 1.58. The van der Waals surface area contributed by atoms with Crippen LogP contribution in [0.4, 0.5) is 0 Å². The Morgan fingerprint density at radius 2 is 1.95 bits per heavy atom. The minimum Gasteiger partial charge on any atom is -0.351 e. The molecular formula is C18H20N2O2. The predicted octanol–water partition coefficient (Wildman–Crippen LogP) is 2.84. The second-order valence-corrected chi connectivity index (χ2v) is 6.75. The smallest absolute Gasteiger partial charge is 0.255 e. The number of rotatable bonds is 4. The summed E-state index contributed by atoms with van der Waals surface area (Å²) in [5, 5.41) is 4.40. The summed E-state index contributed by atoms with van der Waals surface area (Å²) < 4.78 is 0. The molecule has 1 amide bonds. The quantitative estimate of drug-likeness (QED) is 0.911. The number of carbonyl (C=O) groups excluding carboxylic acids is 1. The van der Waals surface area contributed by atoms with Crippen LogP contribution < -0.4 is 10.9 Å². The summed E-state index contributed by atoms with van der Waals surface area (Å²) in [5.74, 6) is 0.730. The first-order valence-corrected chi connectivity index (χ1v) is 8.08. The van der Waals surface area contributed by atoms with Gasteiger partial charge in [-0.1, -0.05) is 24.6 Å². The van der Waals surface area contributed by atoms with Gasteiger partial charge in [0, 0.05) is 23.5 Å². The van der Waals surface area contributed by atoms with Gasteiger partial charge in [0.05, 0.1) is 5.56 Å². The molecule has 1 heterocycles. The van der Waals surface area contributed by atoms with Crippen molar-refractivity contribution < 1.29 is 4.79 Å². The summed E-state index contributed by atoms with van der Waals surface area (Å²) in [6, 6.07) is 7.26. The molecular weight excluding hydrogens is 276 g/mol. The Labute approximate surface area is 128 Å². The maximum atomic E-state index is 12.6. The van der Waals surface area contributed by atoms with Gasteiger partial charge in [-0.25, -0.2) is 0 Å². The summed E-state index contributed by atoms with van der Waals surface area (Å²) in [5.41, 5.74) is 0.759. The molecule has 0 radical (unpaired) electrons. The lowest BCUT2D eigenvalue weighted by Gasteiger charge is -2.42. The van der Waals surface area contributed by atoms with Crippen LogP contribution in [0.2, 0.25) is 0 Å². The van der Waals surface area contributed by atoms with E-state index < -0.39 is 0 Å². The van der Waals surface area contributed by atoms with Crippen LogP contribution in [0.15, 0.2) is 35.3 Å². The first kappa shape index (κ1) is 13.6. The zero-order valence-electron chi connectivity index (χ0n) is 12.5. The molecule has 4 rings (SSSR count). The third kappa shape index (κ3) is 2.14. The van der Waals surface area contributed by atoms with Crippen LogP contribution in [-0.4, -0.2) is 17.4 Å². The number of H-pyrrole nitrogens is 1. The Kier molecular flexibility index (Phi) is 3.06. The summed E-state index contributed by atoms with van der Waals surface area (Å²) in [4.78, 5) is 27.1. The number of carbonyl (C=O) groups is 1. The molecule has 0 bridgehead atoms. The molecule has 4 nitrogen and oxygen atoms in total. The van der Waals surface area contributed by atoms with Gasteiger partial charge in [0.2, 0.25) is 0 Å². The summed E-state index contributed by atoms with van der Waals surface area (Å²) in [6.07, 6.45) is 7.93. The predicted molar refractivity (Wildman–Crippen MR) is 85.9 cm³/mol. The molecule has 2 aliphatic rings. The average Bonchev–Trinajstić information content (AvgIpc) is 3.32. The van der Waals surface area contributed by atoms with Gasteiger partial charge in [0.25, 0.3) is 11.5 Å². The number of hydrogen-bond donors (Lipinski definition) is 2. The molecule has 1 aromatic carbocycles. The van der Waals surface area contributed by atoms with Gasteiger partial charge in [-0.15, -0.1) is 0 Å². The fraction of sp³-hybridized carbons (Fsp3) is 0.444. The molecule has 2 saturated carbocycles. The molecule has 2 N–H and O–H groups in total. The van der Waals surface area contributed by atoms with Crippen molar-refractivity contribution in [2.24, 2.45) is 11.3 Å². The minimum absolute atomic E-state index is 0.0839. The van der Waals surface area contributed by atoms with Gasteiger partial charge in [-0.3, -0.25) is 9.59 Å². The first-order chi connectivity index (χ1) is 10.7. The molecule has 1 aromatic heterocycles. The third-order valence-corrected chi connectivity index (χ3v) is 5.45. The molecule has 0 spiro atoms. The molecule has 0 saturated heterocycles. The number of hydrogen-bond acceptors (Lipinski definition) is 2. The van der Waals surface area contributed by atoms with E-state index >= 15 is 0 Å². The molecule has 0 aliphatic heterocycles. The molecule has 2 aliphatic carbocycles. The molecule has 2 fully saturated rings. The van der Waals surface area contributed by atoms with Crippen molar-refractivity contribution >= 4 is 16.7 Å². The van der Waals surface area contributed by atoms with Gasteiger partial charge >= 0.3 is 0 Å². The van der Waals surface area contributed by atoms with Crippen LogP contribution in [0.5, 0.6) is 0 Å². The highest BCUT2D eigenvalue weighted by Gasteiger charge is 2.48. The fourth-order valence-electron chi connectivity index (χ4n) is 3.80. The number of fused-ring (bicyclic) bond motifs is 1. The van der Waals surface area contributed by atoms with Gasteiger partial charge in [-0.2, -0.15) is 0 Å². The van der Waals surface area contributed by atoms with E-state index in [-0.39, 0.29) is 11.5 Å². The zero-order valence-corrected chi connectivity index (χ0v) is 12.5. The topological polar surface area (TPSA) is 62.0 Å². The standard InChI is InChI=1S/C18H20N2O2/c21-16-14-5-2-1-4-13(14)15(10-19-16)17(22)20-11-18(8-3-9-18)12-6-7-12/h1-2,4-5,10,12H,3,6-9,11H2,(H,19,21)(H,20,22). The van der Waals surface area contributed by atoms with Crippen LogP contribution in [0.3, 0.4) is 0 Å². The first-order valence-electron chi connectivity index (χ1n) is 8.08. The molecule has 114 valence electrons. The van der Waals surface area contributed by atoms with Gasteiger partial charge in [0.1, 0.15) is 0 Å². The second-order valence-electron chi connectivity index (χ2n) is 6.75. The molecule has 2 aromatic rings. The largest absolute Gasteiger partial charge is 0.351 e. The average molecular weight is 296 g/mol. The van der Waals surface area contributed by atoms with Crippen LogP contribution in [0.25, 0.3) is 10.8 Å². The SMILES string of the molecule is O=C(NCC1(C2CC2)CCC1)c1c[nH]c(=O)c2ccccc12. The zero-order chi connectivity index (χ0) is 15.2. The van der Waals surface area contributed by atoms with Crippen molar-refractivity contribution in [1.29, 1.82) is 0 Å². The summed E-state index contributed by atoms with van der Waals surface area (Å²) >= 11 is 0. The molecule has 4 heteroatoms. The van der Waals surface area contributed by atoms with E-state index in [0.717, 1.165) is 17.8 Å². The van der Waals surface area contributed by atoms with Gasteiger partial charge in [-0.05, 0) is 43.1 Å². The maximum absolute atomic E-state index is 12.6. The normalized spacial score (nSPS) is 19.6. The van der Waals surface area contributed by atoms with E-state index in [1.54, 1.807) is 6.07 Å². The van der Waals surface area contributed by atoms with Crippen molar-refractivity contribution in [3.8, 4) is 0 Å². The van der Waals surface area contributed by atoms with Crippen molar-refractivity contribution in [2.75, 3.05) is 6.54 Å². The molecule has 0 atom stereocenters. The lowest BCUT2D eigenvalue weighted by Crippen LogP contribution is -2.43. The van der Waals surface area contributed by atoms with Crippen LogP contribution >= 0.6 is 0 Å². The van der Waals surface area contributed by atoms with Crippen LogP contribution in [0, 0.1) is 11.3 Å². The number of aromatic amines is 1. The van der Waals surface area contributed by atoms with E-state index in [1.165, 1.54) is 38.3 Å². The van der Waals surface area contributed by atoms with Crippen molar-refractivity contribution in [1.82, 2.24) is 10.3 Å². The number of pyridine rings is 1. The Morgan fingerprint density at radius 3 is 2.59 bits per heavy atom. The van der Waals surface area contributed by atoms with E-state index in [2.05, 4.69) is 10.3 Å². The number of benzene rings is 1. The molecule has 22 heavy (non-hydrogen) atoms. The van der Waals surface area contributed by atoms with Gasteiger partial charge in [0.15, 0.2) is 0 Å². The number of amides is 1. The number of nitrogens with one attached hydrogen (secondary N) is 2. The second kappa shape index (κ2) is 4.97. The van der Waals surface area contributed by atoms with Crippen LogP contribution in [-0.2, 0) is 0 Å². The third-order valence-electron chi connectivity index (χ3n) is 5.45. The summed E-state index contributed by atoms with van der Waals surface area (Å²) in [6.45, 7) is 0.768. The highest BCUT2D eigenvalue weighted by atomic mass is 16.1. The number of aromatic nitrogens is 1. The monoisotopic (exact) mass is 296 g/mol. The van der Waals surface area contributed by atoms with E-state index in [4.69, 9.17) is 0 Å². The molecule has 0 unspecified atom stereocenters. The Bertz CT molecular complexity index is 785. The van der Waals surface area contributed by atoms with E-state index in [9.17, 15) is 9.59 Å². The minimum atomic E-state index is -0.152. The van der Waals surface area contributed by atoms with Crippen molar-refractivity contribution in [3.05, 3.63) is 46.4 Å². The highest BCUT2D eigenvalue weighted by Crippen LogP contribution is 2.56. The van der Waals surface area contributed by atoms with E-state index in [1.807, 2.05) is 18.2 Å².